The van der Waals surface area contributed by atoms with Gasteiger partial charge in [-0.25, -0.2) is 0 Å². The van der Waals surface area contributed by atoms with E-state index in [9.17, 15) is 29.7 Å². The number of ketones is 1. The molecule has 5 N–H and O–H groups in total. The van der Waals surface area contributed by atoms with E-state index in [1.54, 1.807) is 33.8 Å². The van der Waals surface area contributed by atoms with Gasteiger partial charge in [0.05, 0.1) is 10.8 Å². The normalized spacial score (nSPS) is 36.6. The van der Waals surface area contributed by atoms with Crippen molar-refractivity contribution in [1.82, 2.24) is 0 Å². The molecule has 4 aliphatic carbocycles. The molecule has 9 heteroatoms. The lowest BCUT2D eigenvalue weighted by Gasteiger charge is -2.48. The van der Waals surface area contributed by atoms with E-state index in [1.165, 1.54) is 38.2 Å². The van der Waals surface area contributed by atoms with Crippen molar-refractivity contribution < 1.29 is 39.2 Å². The van der Waals surface area contributed by atoms with Crippen molar-refractivity contribution >= 4 is 17.7 Å². The third-order valence-corrected chi connectivity index (χ3v) is 11.4. The fraction of sp³-hybridized carbons (Fsp3) is 0.806. The summed E-state index contributed by atoms with van der Waals surface area (Å²) in [6.07, 6.45) is 10.3. The number of hydrogen-bond acceptors (Lipinski definition) is 9. The van der Waals surface area contributed by atoms with Crippen molar-refractivity contribution in [2.45, 2.75) is 149 Å². The average Bonchev–Trinajstić information content (AvgIpc) is 3.37. The van der Waals surface area contributed by atoms with E-state index >= 15 is 0 Å². The maximum absolute atomic E-state index is 14.7. The Labute approximate surface area is 269 Å². The van der Waals surface area contributed by atoms with Gasteiger partial charge in [0.25, 0.3) is 0 Å². The van der Waals surface area contributed by atoms with Crippen molar-refractivity contribution in [2.75, 3.05) is 6.61 Å². The lowest BCUT2D eigenvalue weighted by molar-refractivity contribution is -0.186. The van der Waals surface area contributed by atoms with E-state index in [2.05, 4.69) is 6.92 Å². The number of aliphatic hydroxyl groups excluding tert-OH is 2. The van der Waals surface area contributed by atoms with Crippen LogP contribution in [0.25, 0.3) is 0 Å². The van der Waals surface area contributed by atoms with Crippen LogP contribution in [0.4, 0.5) is 0 Å². The highest BCUT2D eigenvalue weighted by Gasteiger charge is 2.83. The van der Waals surface area contributed by atoms with Gasteiger partial charge in [-0.15, -0.1) is 0 Å². The molecule has 0 aromatic rings. The molecule has 45 heavy (non-hydrogen) atoms. The Morgan fingerprint density at radius 3 is 2.16 bits per heavy atom. The third kappa shape index (κ3) is 5.85. The number of unbranched alkanes of at least 4 members (excludes halogenated alkanes) is 8. The summed E-state index contributed by atoms with van der Waals surface area (Å²) in [5, 5.41) is 35.3. The number of Topliss-reactive ketones (excluding diaryl/α,β-unsaturated/α-hetero) is 1. The Balaban J connectivity index is 1.59. The van der Waals surface area contributed by atoms with Crippen molar-refractivity contribution in [2.24, 2.45) is 33.8 Å². The van der Waals surface area contributed by atoms with Gasteiger partial charge in [-0.2, -0.15) is 0 Å². The summed E-state index contributed by atoms with van der Waals surface area (Å²) < 4.78 is 11.9. The SMILES string of the molecule is CCCCCCCCCCCC(=O)O[C@@]12C[C@@H](N)[C@]34C=C(C)[C@H](O)[C@@]3(O)[C@H](O)C(COC(=O)C(C)(C)C)=C[C@H](C4=O)[C@@H]1C2(C)C. The molecular weight excluding hydrogens is 574 g/mol. The Morgan fingerprint density at radius 2 is 1.58 bits per heavy atom. The second kappa shape index (κ2) is 12.9. The monoisotopic (exact) mass is 631 g/mol. The number of esters is 2. The lowest BCUT2D eigenvalue weighted by atomic mass is 9.61. The maximum atomic E-state index is 14.7. The Bertz CT molecular complexity index is 1220. The number of aliphatic hydroxyl groups is 3. The number of fused-ring (bicyclic) bond motifs is 3. The van der Waals surface area contributed by atoms with Gasteiger partial charge >= 0.3 is 11.9 Å². The standard InChI is InChI=1S/C36H57NO8/c1-8-9-10-11-12-13-14-15-16-17-26(38)45-35-20-25(37)34-19-22(2)28(39)36(34,43)29(40)23(21-44-31(42)32(3,4)5)18-24(30(34)41)27(35)33(35,6)7/h18-19,24-25,27-29,39-40,43H,8-17,20-21,37H2,1-7H3/t24-,25+,27+,28-,29+,34-,35-,36+/m0/s1. The minimum atomic E-state index is -2.40. The molecule has 8 atom stereocenters. The molecule has 2 bridgehead atoms. The molecule has 0 heterocycles. The summed E-state index contributed by atoms with van der Waals surface area (Å²) in [6.45, 7) is 12.4. The van der Waals surface area contributed by atoms with E-state index < -0.39 is 69.3 Å². The molecule has 0 radical (unpaired) electrons. The second-order valence-corrected chi connectivity index (χ2v) is 15.8. The van der Waals surface area contributed by atoms with Gasteiger partial charge in [-0.1, -0.05) is 84.3 Å². The van der Waals surface area contributed by atoms with E-state index in [1.807, 2.05) is 13.8 Å². The Hall–Kier alpha value is -2.07. The zero-order valence-electron chi connectivity index (χ0n) is 28.5. The number of allylic oxidation sites excluding steroid dienone is 1. The summed E-state index contributed by atoms with van der Waals surface area (Å²) in [5.41, 5.74) is 0.539. The first-order chi connectivity index (χ1) is 20.9. The van der Waals surface area contributed by atoms with Crippen LogP contribution in [0.2, 0.25) is 0 Å². The first-order valence-electron chi connectivity index (χ1n) is 17.1. The van der Waals surface area contributed by atoms with E-state index in [0.717, 1.165) is 25.7 Å². The summed E-state index contributed by atoms with van der Waals surface area (Å²) in [6, 6.07) is -1.07. The maximum Gasteiger partial charge on any atom is 0.311 e. The molecule has 254 valence electrons. The average molecular weight is 632 g/mol. The molecule has 2 fully saturated rings. The van der Waals surface area contributed by atoms with Gasteiger partial charge in [0, 0.05) is 36.1 Å². The minimum absolute atomic E-state index is 0.0874. The third-order valence-electron chi connectivity index (χ3n) is 11.4. The molecule has 4 aliphatic rings. The zero-order chi connectivity index (χ0) is 33.6. The molecule has 4 rings (SSSR count). The van der Waals surface area contributed by atoms with Crippen LogP contribution in [0.1, 0.15) is 119 Å². The number of carbonyl (C=O) groups is 3. The number of carbonyl (C=O) groups excluding carboxylic acids is 3. The fourth-order valence-corrected chi connectivity index (χ4v) is 8.60. The van der Waals surface area contributed by atoms with Crippen LogP contribution in [0.3, 0.4) is 0 Å². The number of hydrogen-bond donors (Lipinski definition) is 4. The van der Waals surface area contributed by atoms with E-state index in [-0.39, 0.29) is 31.0 Å². The highest BCUT2D eigenvalue weighted by molar-refractivity contribution is 5.96. The molecule has 0 aromatic carbocycles. The predicted molar refractivity (Wildman–Crippen MR) is 171 cm³/mol. The van der Waals surface area contributed by atoms with Crippen LogP contribution < -0.4 is 5.73 Å². The van der Waals surface area contributed by atoms with Crippen molar-refractivity contribution in [3.05, 3.63) is 23.3 Å². The molecule has 1 spiro atoms. The molecular formula is C36H57NO8. The highest BCUT2D eigenvalue weighted by Crippen LogP contribution is 2.74. The smallest absolute Gasteiger partial charge is 0.311 e. The number of nitrogens with two attached hydrogens (primary N) is 1. The number of ether oxygens (including phenoxy) is 2. The van der Waals surface area contributed by atoms with Crippen LogP contribution in [-0.4, -0.2) is 69.1 Å². The first-order valence-corrected chi connectivity index (χ1v) is 17.1. The number of rotatable bonds is 13. The highest BCUT2D eigenvalue weighted by atomic mass is 16.6. The van der Waals surface area contributed by atoms with Crippen LogP contribution in [0, 0.1) is 28.1 Å². The van der Waals surface area contributed by atoms with E-state index in [0.29, 0.717) is 5.57 Å². The van der Waals surface area contributed by atoms with Crippen LogP contribution in [0.15, 0.2) is 23.3 Å². The predicted octanol–water partition coefficient (Wildman–Crippen LogP) is 4.69. The van der Waals surface area contributed by atoms with E-state index in [4.69, 9.17) is 15.2 Å². The summed E-state index contributed by atoms with van der Waals surface area (Å²) in [5.74, 6) is -2.67. The minimum Gasteiger partial charge on any atom is -0.461 e. The topological polar surface area (TPSA) is 156 Å². The Morgan fingerprint density at radius 1 is 1.00 bits per heavy atom. The van der Waals surface area contributed by atoms with Crippen LogP contribution in [0.5, 0.6) is 0 Å². The van der Waals surface area contributed by atoms with Gasteiger partial charge in [0.15, 0.2) is 5.78 Å². The van der Waals surface area contributed by atoms with Gasteiger partial charge in [0.1, 0.15) is 30.0 Å². The molecule has 0 unspecified atom stereocenters. The summed E-state index contributed by atoms with van der Waals surface area (Å²) in [4.78, 5) is 40.6. The molecule has 2 saturated carbocycles. The van der Waals surface area contributed by atoms with Gasteiger partial charge in [-0.05, 0) is 45.3 Å². The van der Waals surface area contributed by atoms with Crippen LogP contribution in [-0.2, 0) is 23.9 Å². The zero-order valence-corrected chi connectivity index (χ0v) is 28.5. The molecule has 9 nitrogen and oxygen atoms in total. The second-order valence-electron chi connectivity index (χ2n) is 15.8. The lowest BCUT2D eigenvalue weighted by Crippen LogP contribution is -2.68. The fourth-order valence-electron chi connectivity index (χ4n) is 8.60. The quantitative estimate of drug-likeness (QED) is 0.129. The first kappa shape index (κ1) is 35.8. The van der Waals surface area contributed by atoms with Gasteiger partial charge < -0.3 is 30.5 Å². The molecule has 0 amide bonds. The van der Waals surface area contributed by atoms with Crippen molar-refractivity contribution in [3.63, 3.8) is 0 Å². The largest absolute Gasteiger partial charge is 0.461 e. The molecule has 0 saturated heterocycles. The molecule has 0 aliphatic heterocycles. The summed E-state index contributed by atoms with van der Waals surface area (Å²) in [7, 11) is 0. The van der Waals surface area contributed by atoms with Crippen LogP contribution >= 0.6 is 0 Å². The summed E-state index contributed by atoms with van der Waals surface area (Å²) >= 11 is 0. The van der Waals surface area contributed by atoms with Gasteiger partial charge in [-0.3, -0.25) is 14.4 Å². The van der Waals surface area contributed by atoms with Gasteiger partial charge in [0.2, 0.25) is 0 Å². The van der Waals surface area contributed by atoms with Crippen molar-refractivity contribution in [1.29, 1.82) is 0 Å². The van der Waals surface area contributed by atoms with Crippen molar-refractivity contribution in [3.8, 4) is 0 Å². The molecule has 0 aromatic heterocycles. The Kier molecular flexibility index (Phi) is 10.2.